The molecule has 0 spiro atoms. The molecule has 0 atom stereocenters. The molecule has 0 saturated carbocycles. The summed E-state index contributed by atoms with van der Waals surface area (Å²) in [7, 11) is -2.88. The topological polar surface area (TPSA) is 36.3 Å². The fraction of sp³-hybridized carbons (Fsp3) is 0.650. The van der Waals surface area contributed by atoms with Gasteiger partial charge in [0.05, 0.1) is 6.61 Å². The van der Waals surface area contributed by atoms with Gasteiger partial charge in [0, 0.05) is 42.5 Å². The number of fused-ring (bicyclic) bond motifs is 1. The predicted octanol–water partition coefficient (Wildman–Crippen LogP) is 6.63. The molecule has 2 heterocycles. The largest absolute Gasteiger partial charge is 0.412 e. The van der Waals surface area contributed by atoms with Crippen molar-refractivity contribution in [3.8, 4) is 0 Å². The number of ether oxygens (including phenoxy) is 1. The minimum atomic E-state index is -1.81. The van der Waals surface area contributed by atoms with Gasteiger partial charge < -0.3 is 13.7 Å². The number of nitrogens with zero attached hydrogens (tertiary/aromatic N) is 2. The second-order valence-electron chi connectivity index (χ2n) is 10.0. The molecule has 2 aromatic heterocycles. The lowest BCUT2D eigenvalue weighted by Gasteiger charge is -2.36. The summed E-state index contributed by atoms with van der Waals surface area (Å²) in [6.45, 7) is 20.5. The molecule has 0 amide bonds. The minimum Gasteiger partial charge on any atom is -0.412 e. The molecule has 0 bridgehead atoms. The van der Waals surface area contributed by atoms with E-state index in [9.17, 15) is 0 Å². The van der Waals surface area contributed by atoms with Gasteiger partial charge in [0.2, 0.25) is 0 Å². The Morgan fingerprint density at radius 2 is 1.81 bits per heavy atom. The lowest BCUT2D eigenvalue weighted by atomic mass is 10.2. The van der Waals surface area contributed by atoms with E-state index in [0.29, 0.717) is 13.3 Å². The van der Waals surface area contributed by atoms with Gasteiger partial charge in [-0.3, -0.25) is 0 Å². The Morgan fingerprint density at radius 1 is 1.15 bits per heavy atom. The maximum absolute atomic E-state index is 6.47. The van der Waals surface area contributed by atoms with Crippen molar-refractivity contribution >= 4 is 43.4 Å². The van der Waals surface area contributed by atoms with Crippen LogP contribution in [0.25, 0.3) is 11.0 Å². The summed E-state index contributed by atoms with van der Waals surface area (Å²) in [6, 6.07) is 3.17. The van der Waals surface area contributed by atoms with Crippen molar-refractivity contribution in [2.24, 2.45) is 0 Å². The Labute approximate surface area is 174 Å². The normalized spacial score (nSPS) is 13.5. The zero-order valence-corrected chi connectivity index (χ0v) is 21.7. The highest BCUT2D eigenvalue weighted by molar-refractivity contribution is 9.10. The van der Waals surface area contributed by atoms with Crippen molar-refractivity contribution in [2.75, 3.05) is 6.61 Å². The summed E-state index contributed by atoms with van der Waals surface area (Å²) in [6.07, 6.45) is 3.98. The highest BCUT2D eigenvalue weighted by Gasteiger charge is 2.37. The summed E-state index contributed by atoms with van der Waals surface area (Å²) in [5.41, 5.74) is 2.12. The van der Waals surface area contributed by atoms with E-state index in [1.54, 1.807) is 0 Å². The average molecular weight is 472 g/mol. The summed E-state index contributed by atoms with van der Waals surface area (Å²) in [4.78, 5) is 4.60. The van der Waals surface area contributed by atoms with Gasteiger partial charge in [-0.25, -0.2) is 4.98 Å². The van der Waals surface area contributed by atoms with Crippen LogP contribution in [0.5, 0.6) is 0 Å². The maximum atomic E-state index is 6.47. The van der Waals surface area contributed by atoms with Crippen molar-refractivity contribution in [3.63, 3.8) is 0 Å². The lowest BCUT2D eigenvalue weighted by Crippen LogP contribution is -2.40. The summed E-state index contributed by atoms with van der Waals surface area (Å²) >= 11 is 3.70. The summed E-state index contributed by atoms with van der Waals surface area (Å²) in [5.74, 6) is 0. The van der Waals surface area contributed by atoms with Crippen LogP contribution in [0, 0.1) is 0 Å². The first-order valence-electron chi connectivity index (χ1n) is 9.66. The second kappa shape index (κ2) is 8.49. The standard InChI is InChI=1S/C20H35BrN2O2Si2/c1-20(2,3)27(7,8)25-14-16-13-23(15-24-11-12-26(4,5)6)19-18(16)17(21)9-10-22-19/h9-10,13H,11-12,14-15H2,1-8H3. The third-order valence-corrected chi connectivity index (χ3v) is 12.2. The molecule has 0 radical (unpaired) electrons. The minimum absolute atomic E-state index is 0.195. The first kappa shape index (κ1) is 22.8. The molecule has 0 N–H and O–H groups in total. The fourth-order valence-corrected chi connectivity index (χ4v) is 4.74. The fourth-order valence-electron chi connectivity index (χ4n) is 2.48. The Morgan fingerprint density at radius 3 is 2.41 bits per heavy atom. The summed E-state index contributed by atoms with van der Waals surface area (Å²) in [5, 5.41) is 1.32. The average Bonchev–Trinajstić information content (AvgIpc) is 2.87. The Hall–Kier alpha value is -0.476. The van der Waals surface area contributed by atoms with E-state index in [-0.39, 0.29) is 5.04 Å². The van der Waals surface area contributed by atoms with E-state index in [4.69, 9.17) is 9.16 Å². The molecule has 4 nitrogen and oxygen atoms in total. The van der Waals surface area contributed by atoms with E-state index in [1.807, 2.05) is 12.3 Å². The van der Waals surface area contributed by atoms with Gasteiger partial charge in [-0.1, -0.05) is 40.4 Å². The molecule has 0 saturated heterocycles. The van der Waals surface area contributed by atoms with Gasteiger partial charge in [-0.2, -0.15) is 0 Å². The van der Waals surface area contributed by atoms with Crippen molar-refractivity contribution in [1.29, 1.82) is 0 Å². The molecule has 2 aromatic rings. The Bertz CT molecular complexity index is 777. The van der Waals surface area contributed by atoms with Gasteiger partial charge in [0.1, 0.15) is 12.4 Å². The first-order chi connectivity index (χ1) is 12.3. The van der Waals surface area contributed by atoms with Crippen molar-refractivity contribution in [3.05, 3.63) is 28.5 Å². The highest BCUT2D eigenvalue weighted by atomic mass is 79.9. The van der Waals surface area contributed by atoms with Crippen LogP contribution in [0.3, 0.4) is 0 Å². The molecule has 2 rings (SSSR count). The lowest BCUT2D eigenvalue weighted by molar-refractivity contribution is 0.0897. The SMILES string of the molecule is CC(C)(C)[Si](C)(C)OCc1cn(COCC[Si](C)(C)C)c2nccc(Br)c12. The Kier molecular flexibility index (Phi) is 7.17. The van der Waals surface area contributed by atoms with Crippen LogP contribution in [0.15, 0.2) is 22.9 Å². The van der Waals surface area contributed by atoms with E-state index in [2.05, 4.69) is 85.2 Å². The maximum Gasteiger partial charge on any atom is 0.192 e. The van der Waals surface area contributed by atoms with Crippen LogP contribution < -0.4 is 0 Å². The third-order valence-electron chi connectivity index (χ3n) is 5.41. The summed E-state index contributed by atoms with van der Waals surface area (Å²) < 4.78 is 15.6. The molecule has 7 heteroatoms. The van der Waals surface area contributed by atoms with Crippen molar-refractivity contribution in [2.45, 2.75) is 77.9 Å². The van der Waals surface area contributed by atoms with E-state index >= 15 is 0 Å². The number of hydrogen-bond acceptors (Lipinski definition) is 3. The zero-order valence-electron chi connectivity index (χ0n) is 18.1. The molecule has 0 aromatic carbocycles. The van der Waals surface area contributed by atoms with Gasteiger partial charge >= 0.3 is 0 Å². The Balaban J connectivity index is 2.20. The number of hydrogen-bond donors (Lipinski definition) is 0. The second-order valence-corrected chi connectivity index (χ2v) is 21.3. The van der Waals surface area contributed by atoms with Crippen molar-refractivity contribution in [1.82, 2.24) is 9.55 Å². The molecule has 0 aliphatic rings. The number of aromatic nitrogens is 2. The van der Waals surface area contributed by atoms with Crippen LogP contribution in [0.1, 0.15) is 26.3 Å². The highest BCUT2D eigenvalue weighted by Crippen LogP contribution is 2.38. The quantitative estimate of drug-likeness (QED) is 0.320. The third kappa shape index (κ3) is 6.00. The molecule has 152 valence electrons. The first-order valence-corrected chi connectivity index (χ1v) is 17.1. The smallest absolute Gasteiger partial charge is 0.192 e. The molecule has 0 aliphatic carbocycles. The number of rotatable bonds is 8. The van der Waals surface area contributed by atoms with Crippen LogP contribution in [0.4, 0.5) is 0 Å². The zero-order chi connectivity index (χ0) is 20.5. The monoisotopic (exact) mass is 470 g/mol. The molecule has 0 unspecified atom stereocenters. The van der Waals surface area contributed by atoms with Crippen LogP contribution in [0.2, 0.25) is 43.8 Å². The van der Waals surface area contributed by atoms with Gasteiger partial charge in [0.25, 0.3) is 0 Å². The molecule has 27 heavy (non-hydrogen) atoms. The molecular formula is C20H35BrN2O2Si2. The van der Waals surface area contributed by atoms with Gasteiger partial charge in [-0.15, -0.1) is 0 Å². The van der Waals surface area contributed by atoms with Gasteiger partial charge in [0.15, 0.2) is 8.32 Å². The van der Waals surface area contributed by atoms with Crippen molar-refractivity contribution < 1.29 is 9.16 Å². The van der Waals surface area contributed by atoms with E-state index < -0.39 is 16.4 Å². The van der Waals surface area contributed by atoms with Crippen LogP contribution >= 0.6 is 15.9 Å². The molecule has 0 aliphatic heterocycles. The van der Waals surface area contributed by atoms with E-state index in [1.165, 1.54) is 11.6 Å². The van der Waals surface area contributed by atoms with Crippen LogP contribution in [-0.4, -0.2) is 32.5 Å². The number of halogens is 1. The number of pyridine rings is 1. The molecule has 0 fully saturated rings. The van der Waals surface area contributed by atoms with Gasteiger partial charge in [-0.05, 0) is 46.2 Å². The van der Waals surface area contributed by atoms with Crippen LogP contribution in [-0.2, 0) is 22.5 Å². The predicted molar refractivity (Wildman–Crippen MR) is 124 cm³/mol. The van der Waals surface area contributed by atoms with E-state index in [0.717, 1.165) is 22.1 Å². The molecular weight excluding hydrogens is 436 g/mol.